The lowest BCUT2D eigenvalue weighted by molar-refractivity contribution is -0.137. The zero-order chi connectivity index (χ0) is 23.4. The summed E-state index contributed by atoms with van der Waals surface area (Å²) in [6.45, 7) is 1.42. The van der Waals surface area contributed by atoms with E-state index in [2.05, 4.69) is 17.4 Å². The maximum atomic E-state index is 12.6. The van der Waals surface area contributed by atoms with E-state index < -0.39 is 24.1 Å². The molecule has 1 atom stereocenters. The molecular weight excluding hydrogens is 422 g/mol. The Balaban J connectivity index is 1.45. The highest BCUT2D eigenvalue weighted by Crippen LogP contribution is 2.44. The van der Waals surface area contributed by atoms with E-state index in [0.29, 0.717) is 11.3 Å². The molecule has 0 fully saturated rings. The zero-order valence-electron chi connectivity index (χ0n) is 18.0. The van der Waals surface area contributed by atoms with Crippen molar-refractivity contribution in [3.8, 4) is 16.9 Å². The van der Waals surface area contributed by atoms with Crippen molar-refractivity contribution >= 4 is 18.0 Å². The van der Waals surface area contributed by atoms with Gasteiger partial charge >= 0.3 is 18.0 Å². The normalized spacial score (nSPS) is 12.9. The first-order chi connectivity index (χ1) is 15.9. The molecule has 0 saturated heterocycles. The molecule has 1 aliphatic carbocycles. The Morgan fingerprint density at radius 2 is 1.48 bits per heavy atom. The lowest BCUT2D eigenvalue weighted by Gasteiger charge is -2.19. The topological polar surface area (TPSA) is 102 Å². The molecule has 0 bridgehead atoms. The third kappa shape index (κ3) is 5.03. The Kier molecular flexibility index (Phi) is 6.40. The Labute approximate surface area is 191 Å². The maximum absolute atomic E-state index is 12.6. The number of hydrogen-bond donors (Lipinski definition) is 2. The number of amides is 1. The standard InChI is InChI=1S/C26H23NO6/c1-16(28)33-18-12-10-17(11-13-18)24(14-25(29)30)27-26(31)32-15-23-21-8-4-2-6-19(21)20-7-3-5-9-22(20)23/h2-13,23-24H,14-15H2,1H3,(H,27,31)(H,29,30). The van der Waals surface area contributed by atoms with Gasteiger partial charge in [0.1, 0.15) is 12.4 Å². The Morgan fingerprint density at radius 1 is 0.909 bits per heavy atom. The number of hydrogen-bond acceptors (Lipinski definition) is 5. The summed E-state index contributed by atoms with van der Waals surface area (Å²) in [7, 11) is 0. The fraction of sp³-hybridized carbons (Fsp3) is 0.192. The van der Waals surface area contributed by atoms with Crippen LogP contribution in [-0.2, 0) is 14.3 Å². The van der Waals surface area contributed by atoms with Gasteiger partial charge in [0.05, 0.1) is 12.5 Å². The zero-order valence-corrected chi connectivity index (χ0v) is 18.0. The number of carbonyl (C=O) groups excluding carboxylic acids is 2. The van der Waals surface area contributed by atoms with Crippen LogP contribution in [0.15, 0.2) is 72.8 Å². The first kappa shape index (κ1) is 22.1. The fourth-order valence-electron chi connectivity index (χ4n) is 4.14. The molecule has 168 valence electrons. The number of fused-ring (bicyclic) bond motifs is 3. The van der Waals surface area contributed by atoms with E-state index in [1.165, 1.54) is 6.92 Å². The monoisotopic (exact) mass is 445 g/mol. The number of ether oxygens (including phenoxy) is 2. The molecule has 4 rings (SSSR count). The lowest BCUT2D eigenvalue weighted by Crippen LogP contribution is -2.31. The molecule has 7 nitrogen and oxygen atoms in total. The second-order valence-corrected chi connectivity index (χ2v) is 7.78. The highest BCUT2D eigenvalue weighted by Gasteiger charge is 2.29. The van der Waals surface area contributed by atoms with Gasteiger partial charge in [0.15, 0.2) is 0 Å². The molecule has 0 radical (unpaired) electrons. The summed E-state index contributed by atoms with van der Waals surface area (Å²) in [4.78, 5) is 35.0. The molecular formula is C26H23NO6. The number of aliphatic carboxylic acids is 1. The van der Waals surface area contributed by atoms with Gasteiger partial charge in [0.25, 0.3) is 0 Å². The van der Waals surface area contributed by atoms with E-state index >= 15 is 0 Å². The first-order valence-corrected chi connectivity index (χ1v) is 10.5. The van der Waals surface area contributed by atoms with Crippen molar-refractivity contribution in [2.45, 2.75) is 25.3 Å². The summed E-state index contributed by atoms with van der Waals surface area (Å²) >= 11 is 0. The second kappa shape index (κ2) is 9.56. The summed E-state index contributed by atoms with van der Waals surface area (Å²) in [6.07, 6.45) is -1.02. The fourth-order valence-corrected chi connectivity index (χ4v) is 4.14. The van der Waals surface area contributed by atoms with Crippen LogP contribution in [0, 0.1) is 0 Å². The summed E-state index contributed by atoms with van der Waals surface area (Å²) in [5, 5.41) is 11.9. The minimum atomic E-state index is -1.07. The van der Waals surface area contributed by atoms with E-state index in [1.54, 1.807) is 24.3 Å². The smallest absolute Gasteiger partial charge is 0.407 e. The van der Waals surface area contributed by atoms with Crippen molar-refractivity contribution in [1.29, 1.82) is 0 Å². The van der Waals surface area contributed by atoms with E-state index in [4.69, 9.17) is 9.47 Å². The van der Waals surface area contributed by atoms with E-state index in [1.807, 2.05) is 36.4 Å². The third-order valence-electron chi connectivity index (χ3n) is 5.56. The SMILES string of the molecule is CC(=O)Oc1ccc(C(CC(=O)O)NC(=O)OCC2c3ccccc3-c3ccccc32)cc1. The van der Waals surface area contributed by atoms with Crippen molar-refractivity contribution in [2.24, 2.45) is 0 Å². The van der Waals surface area contributed by atoms with E-state index in [-0.39, 0.29) is 18.9 Å². The van der Waals surface area contributed by atoms with Crippen LogP contribution in [0.3, 0.4) is 0 Å². The molecule has 1 aliphatic rings. The summed E-state index contributed by atoms with van der Waals surface area (Å²) < 4.78 is 10.5. The van der Waals surface area contributed by atoms with Gasteiger partial charge in [-0.15, -0.1) is 0 Å². The van der Waals surface area contributed by atoms with Gasteiger partial charge in [-0.1, -0.05) is 60.7 Å². The molecule has 0 spiro atoms. The van der Waals surface area contributed by atoms with Crippen LogP contribution < -0.4 is 10.1 Å². The quantitative estimate of drug-likeness (QED) is 0.405. The van der Waals surface area contributed by atoms with E-state index in [0.717, 1.165) is 22.3 Å². The number of rotatable bonds is 7. The van der Waals surface area contributed by atoms with Crippen molar-refractivity contribution in [2.75, 3.05) is 6.61 Å². The molecule has 7 heteroatoms. The van der Waals surface area contributed by atoms with Crippen molar-refractivity contribution in [3.63, 3.8) is 0 Å². The van der Waals surface area contributed by atoms with Gasteiger partial charge in [-0.05, 0) is 39.9 Å². The number of esters is 1. The molecule has 2 N–H and O–H groups in total. The van der Waals surface area contributed by atoms with Gasteiger partial charge in [-0.3, -0.25) is 9.59 Å². The van der Waals surface area contributed by atoms with Crippen LogP contribution in [0.5, 0.6) is 5.75 Å². The highest BCUT2D eigenvalue weighted by atomic mass is 16.5. The van der Waals surface area contributed by atoms with Crippen molar-refractivity contribution < 1.29 is 29.0 Å². The van der Waals surface area contributed by atoms with Gasteiger partial charge in [-0.25, -0.2) is 4.79 Å². The number of alkyl carbamates (subject to hydrolysis) is 1. The number of carbonyl (C=O) groups is 3. The molecule has 0 saturated carbocycles. The van der Waals surface area contributed by atoms with Crippen LogP contribution in [-0.4, -0.2) is 29.7 Å². The largest absolute Gasteiger partial charge is 0.481 e. The molecule has 3 aromatic rings. The van der Waals surface area contributed by atoms with E-state index in [9.17, 15) is 19.5 Å². The molecule has 33 heavy (non-hydrogen) atoms. The average Bonchev–Trinajstić information content (AvgIpc) is 3.11. The Hall–Kier alpha value is -4.13. The second-order valence-electron chi connectivity index (χ2n) is 7.78. The predicted molar refractivity (Wildman–Crippen MR) is 121 cm³/mol. The summed E-state index contributed by atoms with van der Waals surface area (Å²) in [5.41, 5.74) is 4.99. The first-order valence-electron chi connectivity index (χ1n) is 10.5. The van der Waals surface area contributed by atoms with Gasteiger partial charge in [-0.2, -0.15) is 0 Å². The van der Waals surface area contributed by atoms with Crippen LogP contribution >= 0.6 is 0 Å². The van der Waals surface area contributed by atoms with Crippen molar-refractivity contribution in [1.82, 2.24) is 5.32 Å². The number of benzene rings is 3. The molecule has 0 heterocycles. The van der Waals surface area contributed by atoms with Crippen LogP contribution in [0.1, 0.15) is 42.0 Å². The van der Waals surface area contributed by atoms with Gasteiger partial charge < -0.3 is 19.9 Å². The highest BCUT2D eigenvalue weighted by molar-refractivity contribution is 5.79. The number of carboxylic acids is 1. The van der Waals surface area contributed by atoms with Crippen LogP contribution in [0.4, 0.5) is 4.79 Å². The molecule has 1 unspecified atom stereocenters. The Morgan fingerprint density at radius 3 is 2.03 bits per heavy atom. The van der Waals surface area contributed by atoms with Crippen LogP contribution in [0.2, 0.25) is 0 Å². The Bertz CT molecular complexity index is 1140. The summed E-state index contributed by atoms with van der Waals surface area (Å²) in [5.74, 6) is -1.28. The molecule has 1 amide bonds. The van der Waals surface area contributed by atoms with Crippen LogP contribution in [0.25, 0.3) is 11.1 Å². The summed E-state index contributed by atoms with van der Waals surface area (Å²) in [6, 6.07) is 21.5. The molecule has 3 aromatic carbocycles. The maximum Gasteiger partial charge on any atom is 0.407 e. The number of carboxylic acid groups (broad SMARTS) is 1. The van der Waals surface area contributed by atoms with Gasteiger partial charge in [0.2, 0.25) is 0 Å². The third-order valence-corrected chi connectivity index (χ3v) is 5.56. The van der Waals surface area contributed by atoms with Crippen molar-refractivity contribution in [3.05, 3.63) is 89.5 Å². The lowest BCUT2D eigenvalue weighted by atomic mass is 9.98. The average molecular weight is 445 g/mol. The minimum absolute atomic E-state index is 0.0934. The molecule has 0 aliphatic heterocycles. The predicted octanol–water partition coefficient (Wildman–Crippen LogP) is 4.67. The molecule has 0 aromatic heterocycles. The minimum Gasteiger partial charge on any atom is -0.481 e. The number of nitrogens with one attached hydrogen (secondary N) is 1. The van der Waals surface area contributed by atoms with Gasteiger partial charge in [0, 0.05) is 12.8 Å².